The zero-order valence-electron chi connectivity index (χ0n) is 12.0. The zero-order chi connectivity index (χ0) is 15.9. The minimum Gasteiger partial charge on any atom is -0.493 e. The number of benzene rings is 1. The van der Waals surface area contributed by atoms with Gasteiger partial charge in [-0.2, -0.15) is 13.7 Å². The molecule has 0 heterocycles. The number of hydrogen-bond donors (Lipinski definition) is 0. The Labute approximate surface area is 123 Å². The molecule has 0 radical (unpaired) electrons. The fourth-order valence-corrected chi connectivity index (χ4v) is 2.27. The molecule has 0 saturated carbocycles. The molecule has 7 nitrogen and oxygen atoms in total. The molecule has 1 aromatic carbocycles. The summed E-state index contributed by atoms with van der Waals surface area (Å²) in [7, 11) is -0.833. The molecular weight excluding hydrogens is 296 g/mol. The van der Waals surface area contributed by atoms with Crippen LogP contribution in [0.5, 0.6) is 11.5 Å². The fraction of sp³-hybridized carbons (Fsp3) is 0.385. The van der Waals surface area contributed by atoms with Crippen LogP contribution in [-0.2, 0) is 14.4 Å². The summed E-state index contributed by atoms with van der Waals surface area (Å²) in [6, 6.07) is 6.44. The molecule has 21 heavy (non-hydrogen) atoms. The van der Waals surface area contributed by atoms with Crippen molar-refractivity contribution in [2.75, 3.05) is 20.0 Å². The minimum atomic E-state index is -3.77. The molecule has 0 aliphatic rings. The molecule has 0 aliphatic carbocycles. The van der Waals surface area contributed by atoms with E-state index in [1.54, 1.807) is 25.1 Å². The van der Waals surface area contributed by atoms with Crippen LogP contribution in [0.25, 0.3) is 0 Å². The van der Waals surface area contributed by atoms with E-state index in [-0.39, 0.29) is 11.5 Å². The maximum absolute atomic E-state index is 11.4. The summed E-state index contributed by atoms with van der Waals surface area (Å²) in [6.45, 7) is 1.70. The Bertz CT molecular complexity index is 662. The Morgan fingerprint density at radius 2 is 1.95 bits per heavy atom. The predicted molar refractivity (Wildman–Crippen MR) is 76.9 cm³/mol. The van der Waals surface area contributed by atoms with Crippen LogP contribution in [0.3, 0.4) is 0 Å². The maximum atomic E-state index is 11.4. The molecule has 0 spiro atoms. The number of hydrogen-bond acceptors (Lipinski definition) is 7. The second-order valence-corrected chi connectivity index (χ2v) is 5.63. The molecule has 114 valence electrons. The normalized spacial score (nSPS) is 11.6. The van der Waals surface area contributed by atoms with Gasteiger partial charge in [-0.25, -0.2) is 0 Å². The smallest absolute Gasteiger partial charge is 0.328 e. The number of methoxy groups -OCH3 is 2. The van der Waals surface area contributed by atoms with Gasteiger partial charge in [-0.3, -0.25) is 4.28 Å². The second kappa shape index (κ2) is 7.50. The quantitative estimate of drug-likeness (QED) is 0.561. The number of ether oxygens (including phenoxy) is 2. The van der Waals surface area contributed by atoms with E-state index in [2.05, 4.69) is 9.44 Å². The third-order valence-corrected chi connectivity index (χ3v) is 3.67. The maximum Gasteiger partial charge on any atom is 0.328 e. The van der Waals surface area contributed by atoms with E-state index >= 15 is 0 Å². The molecule has 0 aromatic heterocycles. The van der Waals surface area contributed by atoms with Crippen LogP contribution >= 0.6 is 0 Å². The fourth-order valence-electron chi connectivity index (χ4n) is 1.50. The highest BCUT2D eigenvalue weighted by atomic mass is 32.2. The first-order valence-corrected chi connectivity index (χ1v) is 7.67. The lowest BCUT2D eigenvalue weighted by molar-refractivity contribution is 0.339. The van der Waals surface area contributed by atoms with Gasteiger partial charge < -0.3 is 9.47 Å². The SMILES string of the molecule is CCCS(=O)(=O)ON=C(C#N)c1ccc(OC)c(OC)c1. The summed E-state index contributed by atoms with van der Waals surface area (Å²) < 4.78 is 37.5. The van der Waals surface area contributed by atoms with Gasteiger partial charge in [0.05, 0.1) is 20.0 Å². The van der Waals surface area contributed by atoms with Crippen molar-refractivity contribution in [2.24, 2.45) is 5.16 Å². The van der Waals surface area contributed by atoms with Gasteiger partial charge in [0.25, 0.3) is 0 Å². The van der Waals surface area contributed by atoms with Crippen LogP contribution < -0.4 is 9.47 Å². The minimum absolute atomic E-state index is 0.166. The van der Waals surface area contributed by atoms with Gasteiger partial charge in [0.1, 0.15) is 6.07 Å². The Kier molecular flexibility index (Phi) is 5.99. The number of nitriles is 1. The van der Waals surface area contributed by atoms with Gasteiger partial charge in [0, 0.05) is 5.56 Å². The average molecular weight is 312 g/mol. The molecule has 0 N–H and O–H groups in total. The van der Waals surface area contributed by atoms with Crippen LogP contribution in [0.15, 0.2) is 23.4 Å². The summed E-state index contributed by atoms with van der Waals surface area (Å²) >= 11 is 0. The van der Waals surface area contributed by atoms with Crippen LogP contribution in [-0.4, -0.2) is 34.1 Å². The molecule has 1 aromatic rings. The molecular formula is C13H16N2O5S. The topological polar surface area (TPSA) is 98.0 Å². The highest BCUT2D eigenvalue weighted by molar-refractivity contribution is 7.86. The van der Waals surface area contributed by atoms with Gasteiger partial charge in [0.2, 0.25) is 0 Å². The van der Waals surface area contributed by atoms with Crippen LogP contribution in [0.1, 0.15) is 18.9 Å². The van der Waals surface area contributed by atoms with Gasteiger partial charge in [-0.1, -0.05) is 12.1 Å². The molecule has 8 heteroatoms. The molecule has 0 saturated heterocycles. The van der Waals surface area contributed by atoms with Crippen LogP contribution in [0.2, 0.25) is 0 Å². The molecule has 1 rings (SSSR count). The molecule has 0 atom stereocenters. The second-order valence-electron chi connectivity index (χ2n) is 3.96. The molecule has 0 aliphatic heterocycles. The lowest BCUT2D eigenvalue weighted by atomic mass is 10.1. The van der Waals surface area contributed by atoms with Crippen molar-refractivity contribution >= 4 is 15.8 Å². The average Bonchev–Trinajstić information content (AvgIpc) is 2.47. The largest absolute Gasteiger partial charge is 0.493 e. The van der Waals surface area contributed by atoms with Crippen molar-refractivity contribution in [2.45, 2.75) is 13.3 Å². The molecule has 0 unspecified atom stereocenters. The lowest BCUT2D eigenvalue weighted by Gasteiger charge is -2.08. The van der Waals surface area contributed by atoms with Crippen molar-refractivity contribution in [1.82, 2.24) is 0 Å². The van der Waals surface area contributed by atoms with E-state index in [1.165, 1.54) is 20.3 Å². The van der Waals surface area contributed by atoms with Crippen molar-refractivity contribution in [3.05, 3.63) is 23.8 Å². The Balaban J connectivity index is 3.09. The van der Waals surface area contributed by atoms with Gasteiger partial charge in [-0.15, -0.1) is 0 Å². The van der Waals surface area contributed by atoms with E-state index in [0.29, 0.717) is 23.5 Å². The summed E-state index contributed by atoms with van der Waals surface area (Å²) in [5.41, 5.74) is 0.192. The van der Waals surface area contributed by atoms with Gasteiger partial charge >= 0.3 is 10.1 Å². The number of oxime groups is 1. The van der Waals surface area contributed by atoms with Crippen molar-refractivity contribution < 1.29 is 22.2 Å². The third kappa shape index (κ3) is 4.65. The molecule has 0 bridgehead atoms. The van der Waals surface area contributed by atoms with E-state index in [9.17, 15) is 8.42 Å². The Hall–Kier alpha value is -2.27. The van der Waals surface area contributed by atoms with Crippen LogP contribution in [0.4, 0.5) is 0 Å². The van der Waals surface area contributed by atoms with Gasteiger partial charge in [-0.05, 0) is 24.6 Å². The van der Waals surface area contributed by atoms with E-state index in [0.717, 1.165) is 0 Å². The zero-order valence-corrected chi connectivity index (χ0v) is 12.8. The van der Waals surface area contributed by atoms with E-state index < -0.39 is 10.1 Å². The van der Waals surface area contributed by atoms with E-state index in [1.807, 2.05) is 0 Å². The monoisotopic (exact) mass is 312 g/mol. The Morgan fingerprint density at radius 1 is 1.29 bits per heavy atom. The molecule has 0 amide bonds. The van der Waals surface area contributed by atoms with Crippen LogP contribution in [0, 0.1) is 11.3 Å². The van der Waals surface area contributed by atoms with Gasteiger partial charge in [0.15, 0.2) is 17.2 Å². The lowest BCUT2D eigenvalue weighted by Crippen LogP contribution is -2.09. The summed E-state index contributed by atoms with van der Waals surface area (Å²) in [5.74, 6) is 0.716. The summed E-state index contributed by atoms with van der Waals surface area (Å²) in [4.78, 5) is 0. The Morgan fingerprint density at radius 3 is 2.48 bits per heavy atom. The van der Waals surface area contributed by atoms with Crippen molar-refractivity contribution in [3.8, 4) is 17.6 Å². The molecule has 0 fully saturated rings. The highest BCUT2D eigenvalue weighted by Crippen LogP contribution is 2.27. The first-order valence-electron chi connectivity index (χ1n) is 6.09. The number of rotatable bonds is 7. The first-order chi connectivity index (χ1) is 9.97. The highest BCUT2D eigenvalue weighted by Gasteiger charge is 2.13. The third-order valence-electron chi connectivity index (χ3n) is 2.46. The first kappa shape index (κ1) is 16.8. The van der Waals surface area contributed by atoms with E-state index in [4.69, 9.17) is 14.7 Å². The predicted octanol–water partition coefficient (Wildman–Crippen LogP) is 1.69. The number of nitrogens with zero attached hydrogens (tertiary/aromatic N) is 2. The van der Waals surface area contributed by atoms with Crippen molar-refractivity contribution in [3.63, 3.8) is 0 Å². The summed E-state index contributed by atoms with van der Waals surface area (Å²) in [6.07, 6.45) is 0.399. The van der Waals surface area contributed by atoms with Crippen molar-refractivity contribution in [1.29, 1.82) is 5.26 Å². The summed E-state index contributed by atoms with van der Waals surface area (Å²) in [5, 5.41) is 12.5. The standard InChI is InChI=1S/C13H16N2O5S/c1-4-7-21(16,17)20-15-11(9-14)10-5-6-12(18-2)13(8-10)19-3/h5-6,8H,4,7H2,1-3H3.